The molecule has 0 fully saturated rings. The summed E-state index contributed by atoms with van der Waals surface area (Å²) in [5, 5.41) is 5.58. The van der Waals surface area contributed by atoms with Gasteiger partial charge in [-0.15, -0.1) is 0 Å². The first-order valence-corrected chi connectivity index (χ1v) is 9.85. The van der Waals surface area contributed by atoms with E-state index in [0.29, 0.717) is 5.75 Å². The fraction of sp³-hybridized carbons (Fsp3) is 0.263. The molecule has 2 N–H and O–H groups in total. The molecule has 2 rings (SSSR count). The van der Waals surface area contributed by atoms with Gasteiger partial charge < -0.3 is 10.6 Å². The molecular formula is C19H22N2O2S2. The van der Waals surface area contributed by atoms with Gasteiger partial charge in [0.15, 0.2) is 0 Å². The molecule has 2 amide bonds. The molecule has 0 saturated carbocycles. The van der Waals surface area contributed by atoms with Crippen LogP contribution in [0.25, 0.3) is 0 Å². The zero-order valence-electron chi connectivity index (χ0n) is 14.5. The number of hydrogen-bond acceptors (Lipinski definition) is 4. The highest BCUT2D eigenvalue weighted by Crippen LogP contribution is 2.22. The van der Waals surface area contributed by atoms with E-state index in [9.17, 15) is 9.59 Å². The van der Waals surface area contributed by atoms with Crippen molar-refractivity contribution < 1.29 is 9.59 Å². The van der Waals surface area contributed by atoms with E-state index in [1.165, 1.54) is 23.5 Å². The smallest absolute Gasteiger partial charge is 0.283 e. The SMILES string of the molecule is Cc1ccccc1NC(=O)SCC(C)SC(=O)Nc1ccccc1C. The topological polar surface area (TPSA) is 58.2 Å². The van der Waals surface area contributed by atoms with Crippen molar-refractivity contribution in [3.05, 3.63) is 59.7 Å². The van der Waals surface area contributed by atoms with Crippen molar-refractivity contribution >= 4 is 45.4 Å². The quantitative estimate of drug-likeness (QED) is 0.682. The van der Waals surface area contributed by atoms with Gasteiger partial charge in [-0.25, -0.2) is 0 Å². The lowest BCUT2D eigenvalue weighted by Crippen LogP contribution is -2.14. The summed E-state index contributed by atoms with van der Waals surface area (Å²) in [5.74, 6) is 0.559. The van der Waals surface area contributed by atoms with Gasteiger partial charge in [0.25, 0.3) is 10.5 Å². The third-order valence-electron chi connectivity index (χ3n) is 3.52. The standard InChI is InChI=1S/C19H22N2O2S2/c1-13-8-4-6-10-16(13)20-18(22)24-12-15(3)25-19(23)21-17-11-7-5-9-14(17)2/h4-11,15H,12H2,1-3H3,(H,20,22)(H,21,23). The highest BCUT2D eigenvalue weighted by atomic mass is 32.2. The number of rotatable bonds is 5. The molecule has 0 aliphatic heterocycles. The predicted molar refractivity (Wildman–Crippen MR) is 110 cm³/mol. The van der Waals surface area contributed by atoms with E-state index in [0.717, 1.165) is 22.5 Å². The van der Waals surface area contributed by atoms with Crippen LogP contribution in [0.3, 0.4) is 0 Å². The van der Waals surface area contributed by atoms with E-state index in [1.54, 1.807) is 0 Å². The van der Waals surface area contributed by atoms with Crippen LogP contribution in [0.15, 0.2) is 48.5 Å². The van der Waals surface area contributed by atoms with Crippen LogP contribution in [0.1, 0.15) is 18.1 Å². The summed E-state index contributed by atoms with van der Waals surface area (Å²) in [7, 11) is 0. The summed E-state index contributed by atoms with van der Waals surface area (Å²) in [6.07, 6.45) is 0. The van der Waals surface area contributed by atoms with E-state index in [1.807, 2.05) is 69.3 Å². The Morgan fingerprint density at radius 3 is 1.88 bits per heavy atom. The molecule has 2 aromatic rings. The summed E-state index contributed by atoms with van der Waals surface area (Å²) in [5.41, 5.74) is 3.68. The van der Waals surface area contributed by atoms with Gasteiger partial charge in [0.1, 0.15) is 0 Å². The van der Waals surface area contributed by atoms with Crippen LogP contribution in [0.4, 0.5) is 21.0 Å². The van der Waals surface area contributed by atoms with E-state index >= 15 is 0 Å². The van der Waals surface area contributed by atoms with Crippen LogP contribution in [0, 0.1) is 13.8 Å². The summed E-state index contributed by atoms with van der Waals surface area (Å²) in [6, 6.07) is 15.3. The Hall–Kier alpha value is -1.92. The van der Waals surface area contributed by atoms with E-state index in [2.05, 4.69) is 10.6 Å². The Morgan fingerprint density at radius 2 is 1.36 bits per heavy atom. The maximum Gasteiger partial charge on any atom is 0.283 e. The van der Waals surface area contributed by atoms with Crippen molar-refractivity contribution in [1.82, 2.24) is 0 Å². The zero-order valence-corrected chi connectivity index (χ0v) is 16.2. The molecule has 0 aliphatic rings. The van der Waals surface area contributed by atoms with Gasteiger partial charge in [-0.3, -0.25) is 9.59 Å². The Kier molecular flexibility index (Phi) is 7.40. The first-order valence-electron chi connectivity index (χ1n) is 7.98. The van der Waals surface area contributed by atoms with Crippen molar-refractivity contribution in [3.8, 4) is 0 Å². The molecule has 1 atom stereocenters. The lowest BCUT2D eigenvalue weighted by Gasteiger charge is -2.12. The van der Waals surface area contributed by atoms with Gasteiger partial charge >= 0.3 is 0 Å². The number of hydrogen-bond donors (Lipinski definition) is 2. The predicted octanol–water partition coefficient (Wildman–Crippen LogP) is 5.92. The van der Waals surface area contributed by atoms with Crippen LogP contribution >= 0.6 is 23.5 Å². The van der Waals surface area contributed by atoms with Crippen molar-refractivity contribution in [1.29, 1.82) is 0 Å². The zero-order chi connectivity index (χ0) is 18.2. The Morgan fingerprint density at radius 1 is 0.880 bits per heavy atom. The second kappa shape index (κ2) is 9.53. The minimum absolute atomic E-state index is 0.0247. The third-order valence-corrected chi connectivity index (χ3v) is 5.65. The number of amides is 2. The van der Waals surface area contributed by atoms with Crippen LogP contribution in [0.2, 0.25) is 0 Å². The molecule has 2 aromatic carbocycles. The Bertz CT molecular complexity index is 750. The summed E-state index contributed by atoms with van der Waals surface area (Å²) < 4.78 is 0. The molecule has 0 saturated heterocycles. The van der Waals surface area contributed by atoms with Gasteiger partial charge in [-0.2, -0.15) is 0 Å². The van der Waals surface area contributed by atoms with Crippen LogP contribution in [-0.4, -0.2) is 21.5 Å². The van der Waals surface area contributed by atoms with Crippen molar-refractivity contribution in [2.24, 2.45) is 0 Å². The lowest BCUT2D eigenvalue weighted by atomic mass is 10.2. The molecule has 1 unspecified atom stereocenters. The maximum atomic E-state index is 12.1. The highest BCUT2D eigenvalue weighted by Gasteiger charge is 2.14. The fourth-order valence-corrected chi connectivity index (χ4v) is 3.70. The second-order valence-corrected chi connectivity index (χ2v) is 8.10. The molecule has 6 heteroatoms. The van der Waals surface area contributed by atoms with Crippen molar-refractivity contribution in [2.75, 3.05) is 16.4 Å². The second-order valence-electron chi connectivity index (χ2n) is 5.69. The first kappa shape index (κ1) is 19.4. The number of para-hydroxylation sites is 2. The number of nitrogens with one attached hydrogen (secondary N) is 2. The molecule has 0 bridgehead atoms. The maximum absolute atomic E-state index is 12.1. The molecule has 0 aromatic heterocycles. The fourth-order valence-electron chi connectivity index (χ4n) is 2.12. The van der Waals surface area contributed by atoms with Gasteiger partial charge in [0, 0.05) is 22.4 Å². The third kappa shape index (κ3) is 6.48. The van der Waals surface area contributed by atoms with E-state index in [-0.39, 0.29) is 15.7 Å². The largest absolute Gasteiger partial charge is 0.317 e. The van der Waals surface area contributed by atoms with Gasteiger partial charge in [-0.05, 0) is 37.1 Å². The van der Waals surface area contributed by atoms with E-state index < -0.39 is 0 Å². The van der Waals surface area contributed by atoms with Crippen molar-refractivity contribution in [3.63, 3.8) is 0 Å². The molecule has 25 heavy (non-hydrogen) atoms. The number of anilines is 2. The molecule has 4 nitrogen and oxygen atoms in total. The Balaban J connectivity index is 1.75. The summed E-state index contributed by atoms with van der Waals surface area (Å²) in [6.45, 7) is 5.85. The van der Waals surface area contributed by atoms with Crippen LogP contribution in [0.5, 0.6) is 0 Å². The Labute approximate surface area is 157 Å². The van der Waals surface area contributed by atoms with Gasteiger partial charge in [0.2, 0.25) is 0 Å². The normalized spacial score (nSPS) is 11.6. The van der Waals surface area contributed by atoms with Crippen LogP contribution < -0.4 is 10.6 Å². The average Bonchev–Trinajstić information content (AvgIpc) is 2.57. The molecule has 0 aliphatic carbocycles. The molecule has 132 valence electrons. The molecular weight excluding hydrogens is 352 g/mol. The highest BCUT2D eigenvalue weighted by molar-refractivity contribution is 8.17. The summed E-state index contributed by atoms with van der Waals surface area (Å²) in [4.78, 5) is 24.1. The monoisotopic (exact) mass is 374 g/mol. The number of thioether (sulfide) groups is 2. The first-order chi connectivity index (χ1) is 12.0. The van der Waals surface area contributed by atoms with Gasteiger partial charge in [0.05, 0.1) is 0 Å². The van der Waals surface area contributed by atoms with Crippen LogP contribution in [-0.2, 0) is 0 Å². The lowest BCUT2D eigenvalue weighted by molar-refractivity contribution is 0.269. The number of aryl methyl sites for hydroxylation is 2. The van der Waals surface area contributed by atoms with Crippen molar-refractivity contribution in [2.45, 2.75) is 26.0 Å². The van der Waals surface area contributed by atoms with Gasteiger partial charge in [-0.1, -0.05) is 66.8 Å². The summed E-state index contributed by atoms with van der Waals surface area (Å²) >= 11 is 2.39. The minimum atomic E-state index is -0.110. The molecule has 0 heterocycles. The number of benzene rings is 2. The van der Waals surface area contributed by atoms with E-state index in [4.69, 9.17) is 0 Å². The average molecular weight is 375 g/mol. The number of carbonyl (C=O) groups excluding carboxylic acids is 2. The minimum Gasteiger partial charge on any atom is -0.317 e. The molecule has 0 radical (unpaired) electrons. The molecule has 0 spiro atoms. The number of carbonyl (C=O) groups is 2.